The van der Waals surface area contributed by atoms with Crippen molar-refractivity contribution in [3.8, 4) is 11.4 Å². The van der Waals surface area contributed by atoms with Crippen molar-refractivity contribution in [2.24, 2.45) is 0 Å². The lowest BCUT2D eigenvalue weighted by Crippen LogP contribution is -2.28. The van der Waals surface area contributed by atoms with Gasteiger partial charge in [0.1, 0.15) is 0 Å². The van der Waals surface area contributed by atoms with Gasteiger partial charge in [0.05, 0.1) is 42.5 Å². The van der Waals surface area contributed by atoms with Gasteiger partial charge in [0.2, 0.25) is 0 Å². The van der Waals surface area contributed by atoms with Crippen molar-refractivity contribution in [3.63, 3.8) is 0 Å². The van der Waals surface area contributed by atoms with Crippen LogP contribution in [0.4, 0.5) is 0 Å². The molecule has 9 aromatic rings. The standard InChI is InChI=1S/C36H20N4O2S/c41-35-26-19-27-29(39(21-9-3-1-4-10-21)28-13-7-17-37-32(27)28)20-25(26)23-15-16-24-33-30(14-8-18-38-33)43-34(24)31(23)36(42)40(35)22-11-5-2-6-12-22/h1-20H. The highest BCUT2D eigenvalue weighted by molar-refractivity contribution is 7.26. The van der Waals surface area contributed by atoms with Crippen LogP contribution in [0.25, 0.3) is 75.2 Å². The molecule has 6 nitrogen and oxygen atoms in total. The predicted molar refractivity (Wildman–Crippen MR) is 176 cm³/mol. The number of para-hydroxylation sites is 2. The quantitative estimate of drug-likeness (QED) is 0.212. The van der Waals surface area contributed by atoms with E-state index in [1.54, 1.807) is 24.5 Å². The van der Waals surface area contributed by atoms with Gasteiger partial charge in [-0.25, -0.2) is 4.57 Å². The normalized spacial score (nSPS) is 11.9. The van der Waals surface area contributed by atoms with Crippen LogP contribution in [-0.2, 0) is 0 Å². The fraction of sp³-hybridized carbons (Fsp3) is 0. The molecular weight excluding hydrogens is 552 g/mol. The number of pyridine rings is 2. The lowest BCUT2D eigenvalue weighted by atomic mass is 10.0. The maximum atomic E-state index is 14.6. The van der Waals surface area contributed by atoms with Gasteiger partial charge in [-0.15, -0.1) is 11.3 Å². The Balaban J connectivity index is 1.58. The average Bonchev–Trinajstić information content (AvgIpc) is 3.57. The highest BCUT2D eigenvalue weighted by Gasteiger charge is 2.21. The maximum absolute atomic E-state index is 14.6. The van der Waals surface area contributed by atoms with Crippen LogP contribution in [0.1, 0.15) is 0 Å². The van der Waals surface area contributed by atoms with Crippen LogP contribution < -0.4 is 11.1 Å². The molecule has 9 rings (SSSR count). The number of nitrogens with zero attached hydrogens (tertiary/aromatic N) is 4. The Labute approximate surface area is 247 Å². The molecular formula is C36H20N4O2S. The van der Waals surface area contributed by atoms with E-state index in [9.17, 15) is 9.59 Å². The first-order valence-electron chi connectivity index (χ1n) is 13.9. The number of rotatable bonds is 2. The monoisotopic (exact) mass is 572 g/mol. The second-order valence-corrected chi connectivity index (χ2v) is 11.6. The molecule has 7 heteroatoms. The van der Waals surface area contributed by atoms with Crippen molar-refractivity contribution in [2.75, 3.05) is 0 Å². The largest absolute Gasteiger partial charge is 0.308 e. The minimum atomic E-state index is -0.367. The van der Waals surface area contributed by atoms with E-state index in [0.717, 1.165) is 53.3 Å². The first-order valence-corrected chi connectivity index (χ1v) is 14.7. The zero-order valence-electron chi connectivity index (χ0n) is 22.6. The first-order chi connectivity index (χ1) is 21.2. The van der Waals surface area contributed by atoms with Crippen LogP contribution >= 0.6 is 11.3 Å². The Morgan fingerprint density at radius 2 is 1.19 bits per heavy atom. The second-order valence-electron chi connectivity index (χ2n) is 10.6. The van der Waals surface area contributed by atoms with Crippen LogP contribution in [0.3, 0.4) is 0 Å². The van der Waals surface area contributed by atoms with E-state index in [1.807, 2.05) is 78.9 Å². The van der Waals surface area contributed by atoms with E-state index >= 15 is 0 Å². The van der Waals surface area contributed by atoms with Crippen molar-refractivity contribution < 1.29 is 0 Å². The number of fused-ring (bicyclic) bond motifs is 10. The third-order valence-corrected chi connectivity index (χ3v) is 9.40. The molecule has 0 bridgehead atoms. The zero-order valence-corrected chi connectivity index (χ0v) is 23.4. The Morgan fingerprint density at radius 3 is 1.95 bits per heavy atom. The Bertz CT molecular complexity index is 2710. The molecule has 0 aliphatic carbocycles. The maximum Gasteiger partial charge on any atom is 0.267 e. The van der Waals surface area contributed by atoms with Gasteiger partial charge in [-0.1, -0.05) is 48.5 Å². The van der Waals surface area contributed by atoms with Gasteiger partial charge in [-0.3, -0.25) is 19.6 Å². The Kier molecular flexibility index (Phi) is 4.97. The molecule has 0 amide bonds. The minimum Gasteiger partial charge on any atom is -0.308 e. The van der Waals surface area contributed by atoms with E-state index in [0.29, 0.717) is 21.8 Å². The molecule has 0 radical (unpaired) electrons. The van der Waals surface area contributed by atoms with Crippen LogP contribution in [0.15, 0.2) is 131 Å². The molecule has 0 unspecified atom stereocenters. The van der Waals surface area contributed by atoms with E-state index in [1.165, 1.54) is 15.9 Å². The summed E-state index contributed by atoms with van der Waals surface area (Å²) in [7, 11) is 0. The Hall–Kier alpha value is -5.66. The van der Waals surface area contributed by atoms with Crippen molar-refractivity contribution in [2.45, 2.75) is 0 Å². The molecule has 202 valence electrons. The molecule has 43 heavy (non-hydrogen) atoms. The summed E-state index contributed by atoms with van der Waals surface area (Å²) in [6.07, 6.45) is 3.54. The van der Waals surface area contributed by atoms with Crippen molar-refractivity contribution in [1.29, 1.82) is 0 Å². The van der Waals surface area contributed by atoms with Gasteiger partial charge in [-0.05, 0) is 71.4 Å². The lowest BCUT2D eigenvalue weighted by Gasteiger charge is -2.07. The summed E-state index contributed by atoms with van der Waals surface area (Å²) < 4.78 is 5.30. The van der Waals surface area contributed by atoms with E-state index < -0.39 is 0 Å². The van der Waals surface area contributed by atoms with Gasteiger partial charge in [-0.2, -0.15) is 0 Å². The number of hydrogen-bond donors (Lipinski definition) is 0. The van der Waals surface area contributed by atoms with E-state index in [-0.39, 0.29) is 11.1 Å². The zero-order chi connectivity index (χ0) is 28.7. The highest BCUT2D eigenvalue weighted by atomic mass is 32.1. The topological polar surface area (TPSA) is 69.8 Å². The summed E-state index contributed by atoms with van der Waals surface area (Å²) in [5, 5.41) is 4.16. The first kappa shape index (κ1) is 24.0. The van der Waals surface area contributed by atoms with Gasteiger partial charge in [0, 0.05) is 34.2 Å². The molecule has 5 heterocycles. The summed E-state index contributed by atoms with van der Waals surface area (Å²) in [5.74, 6) is 0. The van der Waals surface area contributed by atoms with Gasteiger partial charge >= 0.3 is 0 Å². The summed E-state index contributed by atoms with van der Waals surface area (Å²) in [6.45, 7) is 0. The third-order valence-electron chi connectivity index (χ3n) is 8.22. The van der Waals surface area contributed by atoms with Crippen LogP contribution in [0.5, 0.6) is 0 Å². The summed E-state index contributed by atoms with van der Waals surface area (Å²) >= 11 is 1.53. The average molecular weight is 573 g/mol. The SMILES string of the molecule is O=c1c2cc3c4ncccc4n(-c4ccccc4)c3cc2c2ccc3c4ncccc4sc3c2c(=O)n1-c1ccccc1. The van der Waals surface area contributed by atoms with Crippen LogP contribution in [0.2, 0.25) is 0 Å². The van der Waals surface area contributed by atoms with Crippen molar-refractivity contribution >= 4 is 75.1 Å². The van der Waals surface area contributed by atoms with Crippen LogP contribution in [0, 0.1) is 0 Å². The molecule has 0 saturated heterocycles. The van der Waals surface area contributed by atoms with Crippen LogP contribution in [-0.4, -0.2) is 19.1 Å². The smallest absolute Gasteiger partial charge is 0.267 e. The predicted octanol–water partition coefficient (Wildman–Crippen LogP) is 7.76. The summed E-state index contributed by atoms with van der Waals surface area (Å²) in [5.41, 5.74) is 4.30. The van der Waals surface area contributed by atoms with Gasteiger partial charge < -0.3 is 4.57 Å². The number of hydrogen-bond acceptors (Lipinski definition) is 5. The molecule has 0 atom stereocenters. The van der Waals surface area contributed by atoms with Gasteiger partial charge in [0.25, 0.3) is 11.1 Å². The second kappa shape index (κ2) is 8.92. The Morgan fingerprint density at radius 1 is 0.512 bits per heavy atom. The number of benzene rings is 4. The summed E-state index contributed by atoms with van der Waals surface area (Å²) in [4.78, 5) is 38.5. The molecule has 5 aromatic heterocycles. The lowest BCUT2D eigenvalue weighted by molar-refractivity contribution is 0.977. The number of thiophene rings is 1. The molecule has 4 aromatic carbocycles. The summed E-state index contributed by atoms with van der Waals surface area (Å²) in [6, 6.07) is 35.1. The molecule has 0 fully saturated rings. The third kappa shape index (κ3) is 3.34. The van der Waals surface area contributed by atoms with E-state index in [2.05, 4.69) is 27.8 Å². The fourth-order valence-corrected chi connectivity index (χ4v) is 7.57. The molecule has 0 spiro atoms. The molecule has 0 aliphatic heterocycles. The molecule has 0 aliphatic rings. The minimum absolute atomic E-state index is 0.349. The van der Waals surface area contributed by atoms with Crippen molar-refractivity contribution in [1.82, 2.24) is 19.1 Å². The molecule has 0 N–H and O–H groups in total. The highest BCUT2D eigenvalue weighted by Crippen LogP contribution is 2.39. The van der Waals surface area contributed by atoms with Crippen molar-refractivity contribution in [3.05, 3.63) is 142 Å². The fourth-order valence-electron chi connectivity index (χ4n) is 6.37. The number of aromatic nitrogens is 4. The van der Waals surface area contributed by atoms with E-state index in [4.69, 9.17) is 4.98 Å². The molecule has 0 saturated carbocycles. The van der Waals surface area contributed by atoms with Gasteiger partial charge in [0.15, 0.2) is 0 Å².